The van der Waals surface area contributed by atoms with Crippen LogP contribution in [0.15, 0.2) is 30.3 Å². The Bertz CT molecular complexity index is 336. The lowest BCUT2D eigenvalue weighted by atomic mass is 10.1. The Balaban J connectivity index is 2.13. The minimum atomic E-state index is 0.255. The lowest BCUT2D eigenvalue weighted by Gasteiger charge is -2.17. The number of Topliss-reactive ketones (excluding diaryl/α,β-unsaturated/α-hetero) is 1. The Labute approximate surface area is 115 Å². The molecule has 1 aromatic carbocycles. The number of carbonyl (C=O) groups is 1. The van der Waals surface area contributed by atoms with Crippen LogP contribution in [0, 0.1) is 0 Å². The van der Waals surface area contributed by atoms with Crippen LogP contribution in [0.3, 0.4) is 0 Å². The molecule has 0 unspecified atom stereocenters. The van der Waals surface area contributed by atoms with Gasteiger partial charge in [-0.25, -0.2) is 0 Å². The van der Waals surface area contributed by atoms with Gasteiger partial charge < -0.3 is 4.90 Å². The summed E-state index contributed by atoms with van der Waals surface area (Å²) in [6.07, 6.45) is 0.646. The molecule has 1 rings (SSSR count). The smallest absolute Gasteiger partial charge is 0.163 e. The van der Waals surface area contributed by atoms with E-state index < -0.39 is 0 Å². The molecule has 0 spiro atoms. The summed E-state index contributed by atoms with van der Waals surface area (Å²) < 4.78 is 0. The van der Waals surface area contributed by atoms with Gasteiger partial charge in [-0.05, 0) is 13.1 Å². The Morgan fingerprint density at radius 2 is 1.78 bits per heavy atom. The van der Waals surface area contributed by atoms with Crippen molar-refractivity contribution < 1.29 is 4.79 Å². The molecule has 2 nitrogen and oxygen atoms in total. The highest BCUT2D eigenvalue weighted by Crippen LogP contribution is 2.08. The maximum absolute atomic E-state index is 11.8. The third-order valence-corrected chi connectivity index (χ3v) is 3.98. The third-order valence-electron chi connectivity index (χ3n) is 3.02. The standard InChI is InChI=1S/C15H23NOS/c1-3-16(4-2)11-13-18-12-10-15(17)14-8-6-5-7-9-14/h5-9H,3-4,10-13H2,1-2H3. The van der Waals surface area contributed by atoms with Crippen molar-refractivity contribution in [3.8, 4) is 0 Å². The molecule has 1 aromatic rings. The highest BCUT2D eigenvalue weighted by molar-refractivity contribution is 7.99. The van der Waals surface area contributed by atoms with Crippen LogP contribution >= 0.6 is 11.8 Å². The molecule has 0 bridgehead atoms. The molecule has 0 fully saturated rings. The van der Waals surface area contributed by atoms with E-state index in [4.69, 9.17) is 0 Å². The predicted octanol–water partition coefficient (Wildman–Crippen LogP) is 3.33. The number of carbonyl (C=O) groups excluding carboxylic acids is 1. The van der Waals surface area contributed by atoms with Crippen LogP contribution in [-0.4, -0.2) is 41.8 Å². The van der Waals surface area contributed by atoms with E-state index in [1.165, 1.54) is 0 Å². The molecule has 0 atom stereocenters. The molecule has 0 aliphatic carbocycles. The zero-order valence-corrected chi connectivity index (χ0v) is 12.2. The van der Waals surface area contributed by atoms with Gasteiger partial charge in [-0.2, -0.15) is 11.8 Å². The molecule has 0 saturated heterocycles. The number of benzene rings is 1. The summed E-state index contributed by atoms with van der Waals surface area (Å²) >= 11 is 1.87. The zero-order chi connectivity index (χ0) is 13.2. The minimum Gasteiger partial charge on any atom is -0.303 e. The summed E-state index contributed by atoms with van der Waals surface area (Å²) in [6.45, 7) is 7.72. The molecule has 0 radical (unpaired) electrons. The number of ketones is 1. The fourth-order valence-corrected chi connectivity index (χ4v) is 2.69. The molecule has 0 saturated carbocycles. The topological polar surface area (TPSA) is 20.3 Å². The summed E-state index contributed by atoms with van der Waals surface area (Å²) in [4.78, 5) is 14.2. The second kappa shape index (κ2) is 9.17. The fraction of sp³-hybridized carbons (Fsp3) is 0.533. The normalized spacial score (nSPS) is 10.8. The minimum absolute atomic E-state index is 0.255. The summed E-state index contributed by atoms with van der Waals surface area (Å²) in [5.74, 6) is 2.30. The van der Waals surface area contributed by atoms with Crippen LogP contribution in [0.1, 0.15) is 30.6 Å². The average Bonchev–Trinajstić information content (AvgIpc) is 2.43. The van der Waals surface area contributed by atoms with Crippen molar-refractivity contribution in [2.75, 3.05) is 31.1 Å². The Morgan fingerprint density at radius 1 is 1.11 bits per heavy atom. The molecule has 0 amide bonds. The maximum Gasteiger partial charge on any atom is 0.163 e. The van der Waals surface area contributed by atoms with Crippen molar-refractivity contribution in [3.63, 3.8) is 0 Å². The van der Waals surface area contributed by atoms with Crippen LogP contribution < -0.4 is 0 Å². The first-order chi connectivity index (χ1) is 8.77. The predicted molar refractivity (Wildman–Crippen MR) is 80.5 cm³/mol. The second-order valence-electron chi connectivity index (χ2n) is 4.18. The molecule has 100 valence electrons. The number of thioether (sulfide) groups is 1. The molecule has 18 heavy (non-hydrogen) atoms. The van der Waals surface area contributed by atoms with Crippen molar-refractivity contribution in [2.45, 2.75) is 20.3 Å². The van der Waals surface area contributed by atoms with Crippen LogP contribution in [0.5, 0.6) is 0 Å². The Hall–Kier alpha value is -0.800. The SMILES string of the molecule is CCN(CC)CCSCCC(=O)c1ccccc1. The van der Waals surface area contributed by atoms with Gasteiger partial charge in [-0.1, -0.05) is 44.2 Å². The van der Waals surface area contributed by atoms with Crippen molar-refractivity contribution in [1.82, 2.24) is 4.90 Å². The Morgan fingerprint density at radius 3 is 2.39 bits per heavy atom. The van der Waals surface area contributed by atoms with Gasteiger partial charge in [0, 0.05) is 30.0 Å². The number of nitrogens with zero attached hydrogens (tertiary/aromatic N) is 1. The van der Waals surface area contributed by atoms with Gasteiger partial charge in [-0.15, -0.1) is 0 Å². The van der Waals surface area contributed by atoms with E-state index in [-0.39, 0.29) is 5.78 Å². The lowest BCUT2D eigenvalue weighted by Crippen LogP contribution is -2.25. The highest BCUT2D eigenvalue weighted by atomic mass is 32.2. The summed E-state index contributed by atoms with van der Waals surface area (Å²) in [5.41, 5.74) is 0.835. The summed E-state index contributed by atoms with van der Waals surface area (Å²) in [6, 6.07) is 9.56. The number of hydrogen-bond acceptors (Lipinski definition) is 3. The monoisotopic (exact) mass is 265 g/mol. The summed E-state index contributed by atoms with van der Waals surface area (Å²) in [7, 11) is 0. The average molecular weight is 265 g/mol. The highest BCUT2D eigenvalue weighted by Gasteiger charge is 2.04. The van der Waals surface area contributed by atoms with E-state index in [9.17, 15) is 4.79 Å². The van der Waals surface area contributed by atoms with Gasteiger partial charge in [0.25, 0.3) is 0 Å². The molecule has 0 aromatic heterocycles. The maximum atomic E-state index is 11.8. The van der Waals surface area contributed by atoms with E-state index >= 15 is 0 Å². The van der Waals surface area contributed by atoms with E-state index in [1.54, 1.807) is 0 Å². The fourth-order valence-electron chi connectivity index (χ4n) is 1.77. The van der Waals surface area contributed by atoms with Gasteiger partial charge in [0.2, 0.25) is 0 Å². The molecule has 0 aliphatic rings. The largest absolute Gasteiger partial charge is 0.303 e. The van der Waals surface area contributed by atoms with Crippen molar-refractivity contribution in [1.29, 1.82) is 0 Å². The van der Waals surface area contributed by atoms with Gasteiger partial charge in [0.05, 0.1) is 0 Å². The van der Waals surface area contributed by atoms with Crippen LogP contribution in [0.2, 0.25) is 0 Å². The second-order valence-corrected chi connectivity index (χ2v) is 5.40. The zero-order valence-electron chi connectivity index (χ0n) is 11.4. The first-order valence-electron chi connectivity index (χ1n) is 6.66. The van der Waals surface area contributed by atoms with Gasteiger partial charge >= 0.3 is 0 Å². The number of hydrogen-bond donors (Lipinski definition) is 0. The Kier molecular flexibility index (Phi) is 7.78. The molecule has 0 aliphatic heterocycles. The first kappa shape index (κ1) is 15.3. The van der Waals surface area contributed by atoms with Gasteiger partial charge in [0.15, 0.2) is 5.78 Å². The van der Waals surface area contributed by atoms with Gasteiger partial charge in [-0.3, -0.25) is 4.79 Å². The third kappa shape index (κ3) is 5.69. The molecule has 3 heteroatoms. The van der Waals surface area contributed by atoms with Crippen LogP contribution in [-0.2, 0) is 0 Å². The molecular weight excluding hydrogens is 242 g/mol. The quantitative estimate of drug-likeness (QED) is 0.504. The van der Waals surface area contributed by atoms with Crippen molar-refractivity contribution in [3.05, 3.63) is 35.9 Å². The van der Waals surface area contributed by atoms with Crippen molar-refractivity contribution in [2.24, 2.45) is 0 Å². The van der Waals surface area contributed by atoms with Crippen LogP contribution in [0.4, 0.5) is 0 Å². The van der Waals surface area contributed by atoms with Crippen LogP contribution in [0.25, 0.3) is 0 Å². The molecule has 0 heterocycles. The summed E-state index contributed by atoms with van der Waals surface area (Å²) in [5, 5.41) is 0. The van der Waals surface area contributed by atoms with Crippen molar-refractivity contribution >= 4 is 17.5 Å². The first-order valence-corrected chi connectivity index (χ1v) is 7.81. The van der Waals surface area contributed by atoms with E-state index in [0.717, 1.165) is 36.7 Å². The van der Waals surface area contributed by atoms with E-state index in [2.05, 4.69) is 18.7 Å². The van der Waals surface area contributed by atoms with E-state index in [0.29, 0.717) is 6.42 Å². The van der Waals surface area contributed by atoms with Gasteiger partial charge in [0.1, 0.15) is 0 Å². The van der Waals surface area contributed by atoms with E-state index in [1.807, 2.05) is 42.1 Å². The molecular formula is C15H23NOS. The molecule has 0 N–H and O–H groups in total. The number of rotatable bonds is 9. The lowest BCUT2D eigenvalue weighted by molar-refractivity contribution is 0.0989.